The Bertz CT molecular complexity index is 354. The number of hydrogen-bond acceptors (Lipinski definition) is 4. The van der Waals surface area contributed by atoms with Gasteiger partial charge >= 0.3 is 0 Å². The Morgan fingerprint density at radius 1 is 1.47 bits per heavy atom. The first-order valence-corrected chi connectivity index (χ1v) is 5.47. The van der Waals surface area contributed by atoms with Gasteiger partial charge in [0.25, 0.3) is 11.8 Å². The Balaban J connectivity index is 1.91. The van der Waals surface area contributed by atoms with Crippen molar-refractivity contribution in [3.05, 3.63) is 11.8 Å². The van der Waals surface area contributed by atoms with Crippen molar-refractivity contribution in [2.45, 2.75) is 0 Å². The van der Waals surface area contributed by atoms with Crippen LogP contribution in [0.3, 0.4) is 0 Å². The van der Waals surface area contributed by atoms with Gasteiger partial charge in [0.15, 0.2) is 0 Å². The molecule has 7 heteroatoms. The number of nitrogens with zero attached hydrogens (tertiary/aromatic N) is 4. The lowest BCUT2D eigenvalue weighted by molar-refractivity contribution is -0.764. The Kier molecular flexibility index (Phi) is 3.27. The lowest BCUT2D eigenvalue weighted by Crippen LogP contribution is -2.66. The summed E-state index contributed by atoms with van der Waals surface area (Å²) < 4.78 is 4.70. The van der Waals surface area contributed by atoms with Gasteiger partial charge in [-0.1, -0.05) is 4.79 Å². The molecule has 0 amide bonds. The minimum absolute atomic E-state index is 0.0817. The van der Waals surface area contributed by atoms with Crippen molar-refractivity contribution >= 4 is 11.6 Å². The third-order valence-electron chi connectivity index (χ3n) is 2.49. The van der Waals surface area contributed by atoms with E-state index < -0.39 is 0 Å². The quantitative estimate of drug-likeness (QED) is 0.508. The summed E-state index contributed by atoms with van der Waals surface area (Å²) in [6.45, 7) is 4.64. The lowest BCUT2D eigenvalue weighted by atomic mass is 10.3. The number of piperazine rings is 1. The highest BCUT2D eigenvalue weighted by atomic mass is 35.5. The average Bonchev–Trinajstić information content (AvgIpc) is 2.67. The molecule has 0 saturated carbocycles. The zero-order valence-electron chi connectivity index (χ0n) is 8.40. The van der Waals surface area contributed by atoms with Crippen LogP contribution in [0.5, 0.6) is 0 Å². The van der Waals surface area contributed by atoms with E-state index in [0.29, 0.717) is 5.88 Å². The summed E-state index contributed by atoms with van der Waals surface area (Å²) in [4.78, 5) is 3.91. The van der Waals surface area contributed by atoms with E-state index in [1.54, 1.807) is 11.0 Å². The van der Waals surface area contributed by atoms with Crippen LogP contribution in [0.25, 0.3) is 0 Å². The molecule has 15 heavy (non-hydrogen) atoms. The third-order valence-corrected chi connectivity index (χ3v) is 2.66. The SMILES string of the molecule is N=c1c[n+](N2CCN(CCCl)CC2)[n-]o1. The first-order valence-electron chi connectivity index (χ1n) is 4.93. The van der Waals surface area contributed by atoms with Gasteiger partial charge in [0, 0.05) is 38.6 Å². The van der Waals surface area contributed by atoms with Crippen molar-refractivity contribution in [1.29, 1.82) is 5.41 Å². The number of nitrogens with one attached hydrogen (secondary N) is 1. The molecule has 6 nitrogen and oxygen atoms in total. The zero-order chi connectivity index (χ0) is 10.7. The fraction of sp³-hybridized carbons (Fsp3) is 0.750. The van der Waals surface area contributed by atoms with Crippen LogP contribution >= 0.6 is 11.6 Å². The van der Waals surface area contributed by atoms with E-state index in [1.807, 2.05) is 5.01 Å². The van der Waals surface area contributed by atoms with Crippen LogP contribution in [0.2, 0.25) is 0 Å². The smallest absolute Gasteiger partial charge is 0.286 e. The fourth-order valence-corrected chi connectivity index (χ4v) is 1.90. The zero-order valence-corrected chi connectivity index (χ0v) is 9.15. The summed E-state index contributed by atoms with van der Waals surface area (Å²) in [6.07, 6.45) is 1.57. The van der Waals surface area contributed by atoms with Gasteiger partial charge < -0.3 is 9.42 Å². The third kappa shape index (κ3) is 2.51. The largest absolute Gasteiger partial charge is 0.380 e. The Hall–Kier alpha value is -1.01. The maximum atomic E-state index is 7.24. The number of hydrogen-bond donors (Lipinski definition) is 1. The van der Waals surface area contributed by atoms with E-state index in [2.05, 4.69) is 10.2 Å². The van der Waals surface area contributed by atoms with Crippen molar-refractivity contribution < 1.29 is 9.31 Å². The molecular formula is C8H14ClN5O. The minimum Gasteiger partial charge on any atom is -0.380 e. The fourth-order valence-electron chi connectivity index (χ4n) is 1.66. The summed E-state index contributed by atoms with van der Waals surface area (Å²) in [5.41, 5.74) is 0.0817. The molecule has 84 valence electrons. The number of halogens is 1. The first-order chi connectivity index (χ1) is 7.29. The molecule has 0 unspecified atom stereocenters. The van der Waals surface area contributed by atoms with Crippen molar-refractivity contribution in [1.82, 2.24) is 10.2 Å². The van der Waals surface area contributed by atoms with Crippen molar-refractivity contribution in [2.24, 2.45) is 0 Å². The minimum atomic E-state index is 0.0817. The molecule has 2 heterocycles. The summed E-state index contributed by atoms with van der Waals surface area (Å²) in [7, 11) is 0. The molecule has 1 aromatic rings. The highest BCUT2D eigenvalue weighted by Gasteiger charge is 2.17. The van der Waals surface area contributed by atoms with Crippen LogP contribution in [-0.2, 0) is 0 Å². The van der Waals surface area contributed by atoms with Crippen LogP contribution in [0.4, 0.5) is 0 Å². The predicted octanol–water partition coefficient (Wildman–Crippen LogP) is -1.50. The normalized spacial score (nSPS) is 18.3. The van der Waals surface area contributed by atoms with Gasteiger partial charge in [0.2, 0.25) is 0 Å². The summed E-state index contributed by atoms with van der Waals surface area (Å²) in [6, 6.07) is 0. The maximum absolute atomic E-state index is 7.24. The Morgan fingerprint density at radius 2 is 2.20 bits per heavy atom. The van der Waals surface area contributed by atoms with E-state index in [0.717, 1.165) is 32.7 Å². The second kappa shape index (κ2) is 4.67. The van der Waals surface area contributed by atoms with Gasteiger partial charge in [-0.3, -0.25) is 10.4 Å². The number of rotatable bonds is 3. The van der Waals surface area contributed by atoms with Gasteiger partial charge in [-0.15, -0.1) is 11.6 Å². The molecule has 1 aliphatic rings. The molecule has 1 fully saturated rings. The number of alkyl halides is 1. The highest BCUT2D eigenvalue weighted by Crippen LogP contribution is 1.96. The molecule has 0 aliphatic carbocycles. The molecule has 2 rings (SSSR count). The van der Waals surface area contributed by atoms with Crippen LogP contribution < -0.4 is 20.6 Å². The monoisotopic (exact) mass is 231 g/mol. The number of aromatic nitrogens is 2. The van der Waals surface area contributed by atoms with Crippen molar-refractivity contribution in [3.63, 3.8) is 0 Å². The molecule has 1 aliphatic heterocycles. The Morgan fingerprint density at radius 3 is 2.73 bits per heavy atom. The van der Waals surface area contributed by atoms with E-state index in [4.69, 9.17) is 21.5 Å². The maximum Gasteiger partial charge on any atom is 0.286 e. The Labute approximate surface area is 92.5 Å². The summed E-state index contributed by atoms with van der Waals surface area (Å²) in [5.74, 6) is 0.675. The molecule has 1 N–H and O–H groups in total. The molecule has 1 aromatic heterocycles. The molecule has 0 radical (unpaired) electrons. The van der Waals surface area contributed by atoms with E-state index in [1.165, 1.54) is 0 Å². The molecular weight excluding hydrogens is 218 g/mol. The van der Waals surface area contributed by atoms with E-state index in [9.17, 15) is 0 Å². The van der Waals surface area contributed by atoms with Gasteiger partial charge in [0.05, 0.1) is 0 Å². The second-order valence-corrected chi connectivity index (χ2v) is 3.85. The molecule has 0 spiro atoms. The van der Waals surface area contributed by atoms with Crippen LogP contribution in [-0.4, -0.2) is 43.5 Å². The first kappa shape index (κ1) is 10.5. The second-order valence-electron chi connectivity index (χ2n) is 3.47. The van der Waals surface area contributed by atoms with Gasteiger partial charge in [-0.2, -0.15) is 0 Å². The van der Waals surface area contributed by atoms with Crippen molar-refractivity contribution in [2.75, 3.05) is 43.6 Å². The van der Waals surface area contributed by atoms with Crippen LogP contribution in [0, 0.1) is 5.41 Å². The lowest BCUT2D eigenvalue weighted by Gasteiger charge is -2.34. The molecule has 0 bridgehead atoms. The predicted molar refractivity (Wildman–Crippen MR) is 53.2 cm³/mol. The van der Waals surface area contributed by atoms with Gasteiger partial charge in [-0.05, 0) is 5.27 Å². The van der Waals surface area contributed by atoms with Crippen LogP contribution in [0.1, 0.15) is 0 Å². The standard InChI is InChI=1S/C8H14ClN5O/c9-1-2-12-3-5-13(6-4-12)14-7-8(10)15-11-14/h7,10H,1-6H2. The highest BCUT2D eigenvalue weighted by molar-refractivity contribution is 6.18. The molecule has 0 atom stereocenters. The van der Waals surface area contributed by atoms with Gasteiger partial charge in [0.1, 0.15) is 0 Å². The van der Waals surface area contributed by atoms with E-state index in [-0.39, 0.29) is 5.55 Å². The van der Waals surface area contributed by atoms with E-state index >= 15 is 0 Å². The molecule has 1 saturated heterocycles. The van der Waals surface area contributed by atoms with Crippen molar-refractivity contribution in [3.8, 4) is 0 Å². The van der Waals surface area contributed by atoms with Gasteiger partial charge in [-0.25, -0.2) is 0 Å². The molecule has 0 aromatic carbocycles. The van der Waals surface area contributed by atoms with Crippen LogP contribution in [0.15, 0.2) is 10.7 Å². The summed E-state index contributed by atoms with van der Waals surface area (Å²) in [5, 5.41) is 13.0. The topological polar surface area (TPSA) is 61.5 Å². The average molecular weight is 232 g/mol. The summed E-state index contributed by atoms with van der Waals surface area (Å²) >= 11 is 5.68.